The van der Waals surface area contributed by atoms with Gasteiger partial charge >= 0.3 is 0 Å². The van der Waals surface area contributed by atoms with E-state index in [0.717, 1.165) is 30.4 Å². The molecule has 0 atom stereocenters. The third-order valence-electron chi connectivity index (χ3n) is 3.95. The molecular formula is C16H20N4. The van der Waals surface area contributed by atoms with Gasteiger partial charge in [0.15, 0.2) is 0 Å². The summed E-state index contributed by atoms with van der Waals surface area (Å²) in [4.78, 5) is 11.0. The summed E-state index contributed by atoms with van der Waals surface area (Å²) in [5, 5.41) is 3.40. The Morgan fingerprint density at radius 3 is 2.70 bits per heavy atom. The average Bonchev–Trinajstić information content (AvgIpc) is 2.98. The largest absolute Gasteiger partial charge is 0.356 e. The van der Waals surface area contributed by atoms with E-state index in [-0.39, 0.29) is 0 Å². The Morgan fingerprint density at radius 2 is 1.90 bits per heavy atom. The van der Waals surface area contributed by atoms with Gasteiger partial charge in [0.05, 0.1) is 0 Å². The third kappa shape index (κ3) is 2.59. The van der Waals surface area contributed by atoms with Gasteiger partial charge in [-0.25, -0.2) is 9.97 Å². The van der Waals surface area contributed by atoms with Crippen molar-refractivity contribution < 1.29 is 0 Å². The van der Waals surface area contributed by atoms with E-state index in [2.05, 4.69) is 52.2 Å². The zero-order chi connectivity index (χ0) is 13.9. The van der Waals surface area contributed by atoms with Gasteiger partial charge < -0.3 is 10.2 Å². The van der Waals surface area contributed by atoms with Crippen LogP contribution in [0.5, 0.6) is 0 Å². The summed E-state index contributed by atoms with van der Waals surface area (Å²) in [7, 11) is 0. The second kappa shape index (κ2) is 5.49. The first-order valence-electron chi connectivity index (χ1n) is 7.14. The highest BCUT2D eigenvalue weighted by molar-refractivity contribution is 5.63. The minimum atomic E-state index is 0.857. The molecule has 3 rings (SSSR count). The SMILES string of the molecule is Cc1cccc(Nc2cc(N3CCCC3)ncn2)c1C. The Labute approximate surface area is 119 Å². The first-order valence-corrected chi connectivity index (χ1v) is 7.14. The smallest absolute Gasteiger partial charge is 0.135 e. The molecule has 0 bridgehead atoms. The molecule has 1 aromatic heterocycles. The van der Waals surface area contributed by atoms with Crippen LogP contribution in [0.2, 0.25) is 0 Å². The van der Waals surface area contributed by atoms with Crippen LogP contribution in [0.3, 0.4) is 0 Å². The summed E-state index contributed by atoms with van der Waals surface area (Å²) in [5.74, 6) is 1.88. The van der Waals surface area contributed by atoms with Crippen LogP contribution in [0, 0.1) is 13.8 Å². The molecule has 0 aliphatic carbocycles. The van der Waals surface area contributed by atoms with Crippen LogP contribution in [0.15, 0.2) is 30.6 Å². The lowest BCUT2D eigenvalue weighted by atomic mass is 10.1. The molecule has 1 fully saturated rings. The van der Waals surface area contributed by atoms with Gasteiger partial charge in [-0.2, -0.15) is 0 Å². The summed E-state index contributed by atoms with van der Waals surface area (Å²) >= 11 is 0. The summed E-state index contributed by atoms with van der Waals surface area (Å²) in [5.41, 5.74) is 3.65. The number of benzene rings is 1. The summed E-state index contributed by atoms with van der Waals surface area (Å²) < 4.78 is 0. The quantitative estimate of drug-likeness (QED) is 0.926. The van der Waals surface area contributed by atoms with Crippen LogP contribution in [-0.2, 0) is 0 Å². The Balaban J connectivity index is 1.83. The molecule has 0 saturated carbocycles. The first kappa shape index (κ1) is 12.9. The van der Waals surface area contributed by atoms with E-state index in [1.807, 2.05) is 6.07 Å². The lowest BCUT2D eigenvalue weighted by Crippen LogP contribution is -2.19. The number of nitrogens with zero attached hydrogens (tertiary/aromatic N) is 3. The van der Waals surface area contributed by atoms with Gasteiger partial charge in [-0.05, 0) is 43.9 Å². The Bertz CT molecular complexity index is 603. The molecule has 1 aliphatic rings. The lowest BCUT2D eigenvalue weighted by molar-refractivity contribution is 0.928. The van der Waals surface area contributed by atoms with Crippen molar-refractivity contribution >= 4 is 17.3 Å². The number of aromatic nitrogens is 2. The molecule has 0 radical (unpaired) electrons. The Morgan fingerprint density at radius 1 is 1.10 bits per heavy atom. The van der Waals surface area contributed by atoms with Gasteiger partial charge in [0.2, 0.25) is 0 Å². The molecule has 0 spiro atoms. The molecule has 4 heteroatoms. The second-order valence-electron chi connectivity index (χ2n) is 5.33. The van der Waals surface area contributed by atoms with E-state index in [9.17, 15) is 0 Å². The minimum Gasteiger partial charge on any atom is -0.356 e. The third-order valence-corrected chi connectivity index (χ3v) is 3.95. The van der Waals surface area contributed by atoms with E-state index in [1.165, 1.54) is 24.0 Å². The molecule has 104 valence electrons. The summed E-state index contributed by atoms with van der Waals surface area (Å²) in [6.07, 6.45) is 4.15. The summed E-state index contributed by atoms with van der Waals surface area (Å²) in [6.45, 7) is 6.44. The zero-order valence-corrected chi connectivity index (χ0v) is 12.1. The summed E-state index contributed by atoms with van der Waals surface area (Å²) in [6, 6.07) is 8.30. The Kier molecular flexibility index (Phi) is 3.54. The second-order valence-corrected chi connectivity index (χ2v) is 5.33. The topological polar surface area (TPSA) is 41.0 Å². The molecule has 20 heavy (non-hydrogen) atoms. The predicted molar refractivity (Wildman–Crippen MR) is 82.7 cm³/mol. The van der Waals surface area contributed by atoms with Crippen molar-refractivity contribution in [2.75, 3.05) is 23.3 Å². The van der Waals surface area contributed by atoms with Gasteiger partial charge in [-0.15, -0.1) is 0 Å². The van der Waals surface area contributed by atoms with Crippen molar-refractivity contribution in [1.29, 1.82) is 0 Å². The monoisotopic (exact) mass is 268 g/mol. The standard InChI is InChI=1S/C16H20N4/c1-12-6-5-7-14(13(12)2)19-15-10-16(18-11-17-15)20-8-3-4-9-20/h5-7,10-11H,3-4,8-9H2,1-2H3,(H,17,18,19). The van der Waals surface area contributed by atoms with E-state index in [1.54, 1.807) is 6.33 Å². The maximum absolute atomic E-state index is 4.38. The van der Waals surface area contributed by atoms with Crippen LogP contribution < -0.4 is 10.2 Å². The molecule has 2 heterocycles. The molecule has 1 saturated heterocycles. The van der Waals surface area contributed by atoms with Crippen molar-refractivity contribution in [2.45, 2.75) is 26.7 Å². The van der Waals surface area contributed by atoms with Crippen molar-refractivity contribution in [1.82, 2.24) is 9.97 Å². The molecule has 0 unspecified atom stereocenters. The zero-order valence-electron chi connectivity index (χ0n) is 12.1. The van der Waals surface area contributed by atoms with Crippen molar-refractivity contribution in [3.63, 3.8) is 0 Å². The number of aryl methyl sites for hydroxylation is 1. The number of hydrogen-bond acceptors (Lipinski definition) is 4. The highest BCUT2D eigenvalue weighted by atomic mass is 15.2. The van der Waals surface area contributed by atoms with Crippen LogP contribution >= 0.6 is 0 Å². The van der Waals surface area contributed by atoms with E-state index in [4.69, 9.17) is 0 Å². The van der Waals surface area contributed by atoms with E-state index in [0.29, 0.717) is 0 Å². The van der Waals surface area contributed by atoms with Crippen molar-refractivity contribution in [3.05, 3.63) is 41.7 Å². The lowest BCUT2D eigenvalue weighted by Gasteiger charge is -2.17. The molecule has 0 amide bonds. The number of anilines is 3. The van der Waals surface area contributed by atoms with E-state index >= 15 is 0 Å². The Hall–Kier alpha value is -2.10. The maximum atomic E-state index is 4.38. The highest BCUT2D eigenvalue weighted by Crippen LogP contribution is 2.24. The van der Waals surface area contributed by atoms with Crippen molar-refractivity contribution in [2.24, 2.45) is 0 Å². The number of nitrogens with one attached hydrogen (secondary N) is 1. The number of rotatable bonds is 3. The van der Waals surface area contributed by atoms with Crippen LogP contribution in [-0.4, -0.2) is 23.1 Å². The molecule has 1 aromatic carbocycles. The molecule has 1 aliphatic heterocycles. The molecular weight excluding hydrogens is 248 g/mol. The highest BCUT2D eigenvalue weighted by Gasteiger charge is 2.14. The predicted octanol–water partition coefficient (Wildman–Crippen LogP) is 3.44. The fourth-order valence-corrected chi connectivity index (χ4v) is 2.56. The van der Waals surface area contributed by atoms with Gasteiger partial charge in [0.1, 0.15) is 18.0 Å². The van der Waals surface area contributed by atoms with Crippen LogP contribution in [0.1, 0.15) is 24.0 Å². The normalized spacial score (nSPS) is 14.6. The van der Waals surface area contributed by atoms with Crippen LogP contribution in [0.4, 0.5) is 17.3 Å². The average molecular weight is 268 g/mol. The van der Waals surface area contributed by atoms with Crippen LogP contribution in [0.25, 0.3) is 0 Å². The van der Waals surface area contributed by atoms with Gasteiger partial charge in [0.25, 0.3) is 0 Å². The fraction of sp³-hybridized carbons (Fsp3) is 0.375. The molecule has 4 nitrogen and oxygen atoms in total. The first-order chi connectivity index (χ1) is 9.74. The number of hydrogen-bond donors (Lipinski definition) is 1. The van der Waals surface area contributed by atoms with Gasteiger partial charge in [0, 0.05) is 24.8 Å². The minimum absolute atomic E-state index is 0.857. The van der Waals surface area contributed by atoms with Gasteiger partial charge in [-0.1, -0.05) is 12.1 Å². The molecule has 1 N–H and O–H groups in total. The van der Waals surface area contributed by atoms with Crippen molar-refractivity contribution in [3.8, 4) is 0 Å². The fourth-order valence-electron chi connectivity index (χ4n) is 2.56. The van der Waals surface area contributed by atoms with E-state index < -0.39 is 0 Å². The maximum Gasteiger partial charge on any atom is 0.135 e. The van der Waals surface area contributed by atoms with Gasteiger partial charge in [-0.3, -0.25) is 0 Å². The molecule has 2 aromatic rings.